The summed E-state index contributed by atoms with van der Waals surface area (Å²) in [6.45, 7) is 2.68. The van der Waals surface area contributed by atoms with Gasteiger partial charge in [0, 0.05) is 52.7 Å². The molecule has 2 unspecified atom stereocenters. The Kier molecular flexibility index (Phi) is 9.82. The van der Waals surface area contributed by atoms with Crippen LogP contribution in [0.2, 0.25) is 10.0 Å². The Balaban J connectivity index is 1.85. The predicted molar refractivity (Wildman–Crippen MR) is 153 cm³/mol. The molecule has 2 aromatic rings. The highest BCUT2D eigenvalue weighted by atomic mass is 35.5. The van der Waals surface area contributed by atoms with Gasteiger partial charge in [0.2, 0.25) is 5.91 Å². The van der Waals surface area contributed by atoms with Gasteiger partial charge in [-0.1, -0.05) is 35.3 Å². The molecule has 0 saturated carbocycles. The Morgan fingerprint density at radius 3 is 2.28 bits per heavy atom. The van der Waals surface area contributed by atoms with E-state index in [-0.39, 0.29) is 27.9 Å². The third kappa shape index (κ3) is 6.54. The fourth-order valence-corrected chi connectivity index (χ4v) is 6.41. The maximum atomic E-state index is 13.4. The van der Waals surface area contributed by atoms with E-state index < -0.39 is 23.8 Å². The molecule has 4 rings (SSSR count). The summed E-state index contributed by atoms with van der Waals surface area (Å²) in [6.07, 6.45) is 0.908. The molecule has 1 aromatic heterocycles. The number of esters is 2. The molecule has 8 nitrogen and oxygen atoms in total. The second kappa shape index (κ2) is 13.1. The van der Waals surface area contributed by atoms with E-state index in [0.717, 1.165) is 18.0 Å². The maximum Gasteiger partial charge on any atom is 0.336 e. The Morgan fingerprint density at radius 1 is 1.00 bits per heavy atom. The summed E-state index contributed by atoms with van der Waals surface area (Å²) in [6, 6.07) is 8.96. The zero-order valence-corrected chi connectivity index (χ0v) is 24.4. The van der Waals surface area contributed by atoms with E-state index in [1.54, 1.807) is 34.4 Å². The highest BCUT2D eigenvalue weighted by Crippen LogP contribution is 2.46. The lowest BCUT2D eigenvalue weighted by Gasteiger charge is -2.35. The van der Waals surface area contributed by atoms with Crippen molar-refractivity contribution in [2.45, 2.75) is 25.2 Å². The summed E-state index contributed by atoms with van der Waals surface area (Å²) in [5, 5.41) is 2.55. The smallest absolute Gasteiger partial charge is 0.336 e. The van der Waals surface area contributed by atoms with E-state index in [0.29, 0.717) is 42.9 Å². The van der Waals surface area contributed by atoms with Crippen LogP contribution in [0.15, 0.2) is 52.0 Å². The molecule has 0 spiro atoms. The number of rotatable bonds is 8. The summed E-state index contributed by atoms with van der Waals surface area (Å²) in [7, 11) is 4.55. The summed E-state index contributed by atoms with van der Waals surface area (Å²) < 4.78 is 10.4. The number of aliphatic imine (C=N–C) groups is 1. The number of amides is 1. The van der Waals surface area contributed by atoms with Crippen LogP contribution in [0.5, 0.6) is 0 Å². The first-order valence-electron chi connectivity index (χ1n) is 12.6. The van der Waals surface area contributed by atoms with E-state index in [9.17, 15) is 14.4 Å². The van der Waals surface area contributed by atoms with Gasteiger partial charge in [0.1, 0.15) is 5.92 Å². The van der Waals surface area contributed by atoms with Crippen molar-refractivity contribution in [1.82, 2.24) is 9.80 Å². The number of allylic oxidation sites excluding steroid dienone is 1. The second-order valence-electron chi connectivity index (χ2n) is 9.51. The van der Waals surface area contributed by atoms with Crippen molar-refractivity contribution in [3.63, 3.8) is 0 Å². The van der Waals surface area contributed by atoms with Gasteiger partial charge in [-0.3, -0.25) is 14.6 Å². The molecule has 208 valence electrons. The van der Waals surface area contributed by atoms with Gasteiger partial charge in [-0.2, -0.15) is 0 Å². The minimum absolute atomic E-state index is 0.0982. The first kappa shape index (κ1) is 29.3. The molecule has 2 atom stereocenters. The largest absolute Gasteiger partial charge is 0.468 e. The summed E-state index contributed by atoms with van der Waals surface area (Å²) >= 11 is 14.9. The average molecular weight is 593 g/mol. The summed E-state index contributed by atoms with van der Waals surface area (Å²) in [5.41, 5.74) is 1.35. The first-order valence-corrected chi connectivity index (χ1v) is 14.3. The van der Waals surface area contributed by atoms with Crippen LogP contribution in [0, 0.1) is 5.92 Å². The third-order valence-corrected chi connectivity index (χ3v) is 8.74. The van der Waals surface area contributed by atoms with E-state index in [1.165, 1.54) is 14.2 Å². The molecule has 39 heavy (non-hydrogen) atoms. The molecule has 1 fully saturated rings. The predicted octanol–water partition coefficient (Wildman–Crippen LogP) is 4.61. The fourth-order valence-electron chi connectivity index (χ4n) is 5.07. The van der Waals surface area contributed by atoms with E-state index >= 15 is 0 Å². The molecular formula is C28H31Cl2N3O5S. The van der Waals surface area contributed by atoms with Crippen LogP contribution in [0.1, 0.15) is 29.2 Å². The number of piperazine rings is 1. The van der Waals surface area contributed by atoms with E-state index in [4.69, 9.17) is 37.7 Å². The molecule has 1 aromatic carbocycles. The number of methoxy groups -OCH3 is 2. The Labute approximate surface area is 242 Å². The van der Waals surface area contributed by atoms with Crippen LogP contribution in [0.4, 0.5) is 0 Å². The number of carbonyl (C=O) groups is 3. The SMILES string of the molecule is COC(=O)C1=C(CCc2cccs2)N=C(CC(=O)N2CCN(C)CC2)C(C(=O)OC)C1c1c(Cl)cccc1Cl. The lowest BCUT2D eigenvalue weighted by molar-refractivity contribution is -0.143. The van der Waals surface area contributed by atoms with Crippen molar-refractivity contribution in [2.24, 2.45) is 10.9 Å². The van der Waals surface area contributed by atoms with Crippen LogP contribution in [0.3, 0.4) is 0 Å². The maximum absolute atomic E-state index is 13.4. The van der Waals surface area contributed by atoms with Gasteiger partial charge >= 0.3 is 11.9 Å². The zero-order valence-electron chi connectivity index (χ0n) is 22.1. The van der Waals surface area contributed by atoms with Gasteiger partial charge in [0.15, 0.2) is 0 Å². The van der Waals surface area contributed by atoms with Crippen LogP contribution in [0.25, 0.3) is 0 Å². The molecule has 2 aliphatic rings. The Morgan fingerprint density at radius 2 is 1.69 bits per heavy atom. The van der Waals surface area contributed by atoms with Gasteiger partial charge in [-0.05, 0) is 49.0 Å². The van der Waals surface area contributed by atoms with Crippen molar-refractivity contribution in [3.05, 3.63) is 67.5 Å². The van der Waals surface area contributed by atoms with E-state index in [1.807, 2.05) is 24.6 Å². The Hall–Kier alpha value is -2.72. The summed E-state index contributed by atoms with van der Waals surface area (Å²) in [5.74, 6) is -3.46. The zero-order chi connectivity index (χ0) is 28.1. The van der Waals surface area contributed by atoms with Gasteiger partial charge in [-0.15, -0.1) is 11.3 Å². The number of aryl methyl sites for hydroxylation is 1. The quantitative estimate of drug-likeness (QED) is 0.417. The molecule has 0 aliphatic carbocycles. The molecule has 1 saturated heterocycles. The number of hydrogen-bond donors (Lipinski definition) is 0. The fraction of sp³-hybridized carbons (Fsp3) is 0.429. The normalized spacial score (nSPS) is 20.0. The number of ether oxygens (including phenoxy) is 2. The molecule has 2 aliphatic heterocycles. The van der Waals surface area contributed by atoms with Crippen molar-refractivity contribution < 1.29 is 23.9 Å². The monoisotopic (exact) mass is 591 g/mol. The van der Waals surface area contributed by atoms with Crippen molar-refractivity contribution in [3.8, 4) is 0 Å². The molecule has 3 heterocycles. The van der Waals surface area contributed by atoms with Crippen molar-refractivity contribution >= 4 is 58.1 Å². The summed E-state index contributed by atoms with van der Waals surface area (Å²) in [4.78, 5) is 50.1. The number of carbonyl (C=O) groups excluding carboxylic acids is 3. The standard InChI is InChI=1S/C28H31Cl2N3O5S/c1-32-11-13-33(14-12-32)22(34)16-21-25(28(36)38-3)26(23-18(29)7-4-8-19(23)30)24(27(35)37-2)20(31-21)10-9-17-6-5-15-39-17/h4-8,15,25-26H,9-14,16H2,1-3H3. The third-order valence-electron chi connectivity index (χ3n) is 7.14. The van der Waals surface area contributed by atoms with Gasteiger partial charge in [0.05, 0.1) is 31.9 Å². The molecule has 0 N–H and O–H groups in total. The molecule has 0 radical (unpaired) electrons. The van der Waals surface area contributed by atoms with E-state index in [2.05, 4.69) is 4.90 Å². The van der Waals surface area contributed by atoms with Crippen LogP contribution in [-0.2, 0) is 30.3 Å². The number of nitrogens with zero attached hydrogens (tertiary/aromatic N) is 3. The number of thiophene rings is 1. The number of likely N-dealkylation sites (N-methyl/N-ethyl adjacent to an activating group) is 1. The van der Waals surface area contributed by atoms with Gasteiger partial charge in [0.25, 0.3) is 0 Å². The van der Waals surface area contributed by atoms with Crippen molar-refractivity contribution in [1.29, 1.82) is 0 Å². The van der Waals surface area contributed by atoms with Crippen LogP contribution >= 0.6 is 34.5 Å². The Bertz CT molecular complexity index is 1270. The minimum Gasteiger partial charge on any atom is -0.468 e. The lowest BCUT2D eigenvalue weighted by atomic mass is 9.74. The number of hydrogen-bond acceptors (Lipinski definition) is 8. The highest BCUT2D eigenvalue weighted by Gasteiger charge is 2.46. The van der Waals surface area contributed by atoms with Crippen LogP contribution < -0.4 is 0 Å². The second-order valence-corrected chi connectivity index (χ2v) is 11.4. The topological polar surface area (TPSA) is 88.5 Å². The first-order chi connectivity index (χ1) is 18.7. The highest BCUT2D eigenvalue weighted by molar-refractivity contribution is 7.09. The molecule has 0 bridgehead atoms. The number of halogens is 2. The van der Waals surface area contributed by atoms with Crippen LogP contribution in [-0.4, -0.2) is 80.8 Å². The molecule has 1 amide bonds. The van der Waals surface area contributed by atoms with Gasteiger partial charge in [-0.25, -0.2) is 4.79 Å². The number of benzene rings is 1. The average Bonchev–Trinajstić information content (AvgIpc) is 3.45. The van der Waals surface area contributed by atoms with Gasteiger partial charge < -0.3 is 19.3 Å². The minimum atomic E-state index is -1.09. The molecule has 11 heteroatoms. The molecular weight excluding hydrogens is 561 g/mol. The van der Waals surface area contributed by atoms with Crippen molar-refractivity contribution in [2.75, 3.05) is 47.4 Å². The lowest BCUT2D eigenvalue weighted by Crippen LogP contribution is -2.48.